The number of hydrogen-bond donors (Lipinski definition) is 0. The Kier molecular flexibility index (Phi) is 9.47. The van der Waals surface area contributed by atoms with E-state index < -0.39 is 0 Å². The second-order valence-corrected chi connectivity index (χ2v) is 6.25. The van der Waals surface area contributed by atoms with E-state index in [1.165, 1.54) is 0 Å². The number of nitrogens with zero attached hydrogens (tertiary/aromatic N) is 2. The second-order valence-electron chi connectivity index (χ2n) is 6.25. The minimum Gasteiger partial charge on any atom is -0.493 e. The summed E-state index contributed by atoms with van der Waals surface area (Å²) in [5.74, 6) is 2.81. The number of rotatable bonds is 8. The van der Waals surface area contributed by atoms with E-state index >= 15 is 0 Å². The van der Waals surface area contributed by atoms with Gasteiger partial charge in [-0.15, -0.1) is 0 Å². The van der Waals surface area contributed by atoms with Crippen LogP contribution in [0.1, 0.15) is 20.8 Å². The van der Waals surface area contributed by atoms with Crippen molar-refractivity contribution in [3.63, 3.8) is 0 Å². The lowest BCUT2D eigenvalue weighted by molar-refractivity contribution is 0.0321. The van der Waals surface area contributed by atoms with Gasteiger partial charge >= 0.3 is 0 Å². The molecule has 0 spiro atoms. The molecule has 158 valence electrons. The highest BCUT2D eigenvalue weighted by molar-refractivity contribution is 5.88. The molecule has 2 aromatic rings. The van der Waals surface area contributed by atoms with Crippen LogP contribution in [0.5, 0.6) is 17.2 Å². The predicted molar refractivity (Wildman–Crippen MR) is 117 cm³/mol. The van der Waals surface area contributed by atoms with E-state index in [2.05, 4.69) is 16.5 Å². The first kappa shape index (κ1) is 22.7. The highest BCUT2D eigenvalue weighted by atomic mass is 16.5. The molecule has 6 nitrogen and oxygen atoms in total. The van der Waals surface area contributed by atoms with Gasteiger partial charge < -0.3 is 18.9 Å². The van der Waals surface area contributed by atoms with Gasteiger partial charge in [0.2, 0.25) is 0 Å². The number of benzene rings is 1. The van der Waals surface area contributed by atoms with Gasteiger partial charge in [-0.2, -0.15) is 0 Å². The molecule has 0 aliphatic carbocycles. The number of pyridine rings is 1. The normalized spacial score (nSPS) is 14.7. The van der Waals surface area contributed by atoms with Crippen molar-refractivity contribution in [2.24, 2.45) is 0 Å². The molecule has 0 amide bonds. The summed E-state index contributed by atoms with van der Waals surface area (Å²) in [6.45, 7) is 14.5. The molecule has 29 heavy (non-hydrogen) atoms. The zero-order chi connectivity index (χ0) is 21.1. The Morgan fingerprint density at radius 1 is 1.21 bits per heavy atom. The number of hydrogen-bond acceptors (Lipinski definition) is 6. The summed E-state index contributed by atoms with van der Waals surface area (Å²) in [7, 11) is 1.63. The predicted octanol–water partition coefficient (Wildman–Crippen LogP) is 4.45. The zero-order valence-electron chi connectivity index (χ0n) is 17.9. The molecular formula is C23H32N2O4. The summed E-state index contributed by atoms with van der Waals surface area (Å²) in [6.07, 6.45) is 5.23. The monoisotopic (exact) mass is 400 g/mol. The smallest absolute Gasteiger partial charge is 0.163 e. The fourth-order valence-electron chi connectivity index (χ4n) is 2.97. The van der Waals surface area contributed by atoms with Crippen molar-refractivity contribution in [3.05, 3.63) is 48.9 Å². The Hall–Kier alpha value is -2.57. The van der Waals surface area contributed by atoms with Crippen molar-refractivity contribution < 1.29 is 18.9 Å². The van der Waals surface area contributed by atoms with Crippen LogP contribution in [-0.4, -0.2) is 56.4 Å². The van der Waals surface area contributed by atoms with Crippen LogP contribution in [0.15, 0.2) is 48.9 Å². The van der Waals surface area contributed by atoms with Gasteiger partial charge in [0.1, 0.15) is 18.1 Å². The topological polar surface area (TPSA) is 53.1 Å². The Balaban J connectivity index is 0.00000145. The Bertz CT molecular complexity index is 814. The van der Waals surface area contributed by atoms with Crippen LogP contribution in [0.25, 0.3) is 10.9 Å². The lowest BCUT2D eigenvalue weighted by atomic mass is 10.2. The molecule has 1 fully saturated rings. The maximum atomic E-state index is 5.99. The van der Waals surface area contributed by atoms with Gasteiger partial charge in [-0.25, -0.2) is 0 Å². The molecule has 3 rings (SSSR count). The first-order valence-corrected chi connectivity index (χ1v) is 10.1. The van der Waals surface area contributed by atoms with E-state index in [9.17, 15) is 0 Å². The molecule has 6 heteroatoms. The van der Waals surface area contributed by atoms with E-state index in [4.69, 9.17) is 18.9 Å². The SMILES string of the molecule is C=C/C=C(\C)Oc1ccnc2cc(OCCN3CCOCC3)c(OC)cc12.CC. The van der Waals surface area contributed by atoms with Gasteiger partial charge in [0, 0.05) is 37.3 Å². The second kappa shape index (κ2) is 12.1. The lowest BCUT2D eigenvalue weighted by Crippen LogP contribution is -2.38. The van der Waals surface area contributed by atoms with Crippen LogP contribution in [0.4, 0.5) is 0 Å². The fourth-order valence-corrected chi connectivity index (χ4v) is 2.97. The summed E-state index contributed by atoms with van der Waals surface area (Å²) in [5, 5.41) is 0.867. The quantitative estimate of drug-likeness (QED) is 0.482. The third kappa shape index (κ3) is 6.48. The number of methoxy groups -OCH3 is 1. The average molecular weight is 401 g/mol. The number of ether oxygens (including phenoxy) is 4. The third-order valence-corrected chi connectivity index (χ3v) is 4.38. The summed E-state index contributed by atoms with van der Waals surface area (Å²) in [5.41, 5.74) is 0.793. The number of morpholine rings is 1. The Morgan fingerprint density at radius 3 is 2.66 bits per heavy atom. The van der Waals surface area contributed by atoms with Crippen LogP contribution < -0.4 is 14.2 Å². The van der Waals surface area contributed by atoms with Gasteiger partial charge in [0.25, 0.3) is 0 Å². The van der Waals surface area contributed by atoms with Crippen LogP contribution >= 0.6 is 0 Å². The molecule has 1 aromatic carbocycles. The zero-order valence-corrected chi connectivity index (χ0v) is 17.9. The summed E-state index contributed by atoms with van der Waals surface area (Å²) >= 11 is 0. The van der Waals surface area contributed by atoms with Gasteiger partial charge in [-0.3, -0.25) is 9.88 Å². The minimum atomic E-state index is 0.583. The van der Waals surface area contributed by atoms with Gasteiger partial charge in [-0.05, 0) is 25.1 Å². The first-order chi connectivity index (χ1) is 14.2. The molecule has 0 N–H and O–H groups in total. The van der Waals surface area contributed by atoms with Crippen molar-refractivity contribution >= 4 is 10.9 Å². The standard InChI is InChI=1S/C21H26N2O4.C2H6/c1-4-5-16(2)27-19-6-7-22-18-15-21(20(24-3)14-17(18)19)26-13-10-23-8-11-25-12-9-23;1-2/h4-7,14-15H,1,8-13H2,2-3H3;1-2H3/b16-5+;. The number of fused-ring (bicyclic) bond motifs is 1. The van der Waals surface area contributed by atoms with Crippen molar-refractivity contribution in [3.8, 4) is 17.2 Å². The Labute approximate surface area is 173 Å². The molecule has 1 aliphatic rings. The molecule has 0 atom stereocenters. The largest absolute Gasteiger partial charge is 0.493 e. The van der Waals surface area contributed by atoms with Crippen molar-refractivity contribution in [2.75, 3.05) is 46.6 Å². The molecule has 0 saturated carbocycles. The first-order valence-electron chi connectivity index (χ1n) is 10.1. The molecule has 0 bridgehead atoms. The number of aromatic nitrogens is 1. The molecule has 0 unspecified atom stereocenters. The molecule has 0 radical (unpaired) electrons. The van der Waals surface area contributed by atoms with Gasteiger partial charge in [0.05, 0.1) is 25.8 Å². The van der Waals surface area contributed by atoms with E-state index in [1.54, 1.807) is 19.4 Å². The van der Waals surface area contributed by atoms with Crippen LogP contribution in [0.3, 0.4) is 0 Å². The maximum absolute atomic E-state index is 5.99. The number of allylic oxidation sites excluding steroid dienone is 3. The molecule has 1 aliphatic heterocycles. The molecule has 2 heterocycles. The van der Waals surface area contributed by atoms with Gasteiger partial charge in [0.15, 0.2) is 11.5 Å². The maximum Gasteiger partial charge on any atom is 0.163 e. The van der Waals surface area contributed by atoms with Crippen molar-refractivity contribution in [1.29, 1.82) is 0 Å². The highest BCUT2D eigenvalue weighted by Crippen LogP contribution is 2.36. The summed E-state index contributed by atoms with van der Waals surface area (Å²) < 4.78 is 22.8. The molecular weight excluding hydrogens is 368 g/mol. The van der Waals surface area contributed by atoms with E-state index in [-0.39, 0.29) is 0 Å². The Morgan fingerprint density at radius 2 is 1.97 bits per heavy atom. The summed E-state index contributed by atoms with van der Waals surface area (Å²) in [4.78, 5) is 6.78. The van der Waals surface area contributed by atoms with Gasteiger partial charge in [-0.1, -0.05) is 26.5 Å². The van der Waals surface area contributed by atoms with Crippen LogP contribution in [0.2, 0.25) is 0 Å². The van der Waals surface area contributed by atoms with E-state index in [1.807, 2.05) is 45.0 Å². The van der Waals surface area contributed by atoms with E-state index in [0.29, 0.717) is 23.9 Å². The minimum absolute atomic E-state index is 0.583. The molecule has 1 saturated heterocycles. The lowest BCUT2D eigenvalue weighted by Gasteiger charge is -2.26. The van der Waals surface area contributed by atoms with Crippen molar-refractivity contribution in [2.45, 2.75) is 20.8 Å². The summed E-state index contributed by atoms with van der Waals surface area (Å²) in [6, 6.07) is 5.64. The van der Waals surface area contributed by atoms with Crippen molar-refractivity contribution in [1.82, 2.24) is 9.88 Å². The molecule has 1 aromatic heterocycles. The average Bonchev–Trinajstić information content (AvgIpc) is 2.76. The van der Waals surface area contributed by atoms with Crippen LogP contribution in [0, 0.1) is 0 Å². The highest BCUT2D eigenvalue weighted by Gasteiger charge is 2.14. The fraction of sp³-hybridized carbons (Fsp3) is 0.435. The van der Waals surface area contributed by atoms with E-state index in [0.717, 1.165) is 49.5 Å². The third-order valence-electron chi connectivity index (χ3n) is 4.38. The van der Waals surface area contributed by atoms with Crippen LogP contribution in [-0.2, 0) is 4.74 Å².